The fourth-order valence-corrected chi connectivity index (χ4v) is 0.938. The molecule has 0 aromatic heterocycles. The van der Waals surface area contributed by atoms with Gasteiger partial charge in [-0.3, -0.25) is 4.79 Å². The second-order valence-electron chi connectivity index (χ2n) is 2.66. The molecule has 5 heteroatoms. The molecule has 0 radical (unpaired) electrons. The third-order valence-electron chi connectivity index (χ3n) is 1.80. The number of carbonyl (C=O) groups is 2. The largest absolute Gasteiger partial charge is 0.465 e. The van der Waals surface area contributed by atoms with E-state index < -0.39 is 17.9 Å². The summed E-state index contributed by atoms with van der Waals surface area (Å²) in [5, 5.41) is 10.6. The van der Waals surface area contributed by atoms with Crippen molar-refractivity contribution < 1.29 is 14.7 Å². The first-order valence-corrected chi connectivity index (χ1v) is 3.77. The molecule has 0 saturated carbocycles. The Balaban J connectivity index is 4.14. The van der Waals surface area contributed by atoms with Crippen LogP contribution in [0.1, 0.15) is 20.3 Å². The topological polar surface area (TPSA) is 92.4 Å². The van der Waals surface area contributed by atoms with E-state index in [1.807, 2.05) is 0 Å². The number of amides is 2. The number of nitrogens with two attached hydrogens (primary N) is 1. The van der Waals surface area contributed by atoms with E-state index in [4.69, 9.17) is 10.8 Å². The number of rotatable bonds is 4. The molecule has 0 aromatic rings. The highest BCUT2D eigenvalue weighted by molar-refractivity contribution is 5.78. The molecule has 0 aliphatic rings. The van der Waals surface area contributed by atoms with Gasteiger partial charge in [0.05, 0.1) is 5.92 Å². The molecule has 0 aliphatic carbocycles. The first-order valence-electron chi connectivity index (χ1n) is 3.77. The van der Waals surface area contributed by atoms with E-state index in [0.29, 0.717) is 6.42 Å². The molecule has 70 valence electrons. The van der Waals surface area contributed by atoms with E-state index >= 15 is 0 Å². The quantitative estimate of drug-likeness (QED) is 0.566. The summed E-state index contributed by atoms with van der Waals surface area (Å²) in [6.07, 6.45) is -0.578. The molecular formula is C7H14N2O3. The van der Waals surface area contributed by atoms with Crippen LogP contribution in [-0.2, 0) is 4.79 Å². The van der Waals surface area contributed by atoms with Gasteiger partial charge in [-0.05, 0) is 6.42 Å². The number of hydrogen-bond acceptors (Lipinski definition) is 2. The molecule has 0 saturated heterocycles. The van der Waals surface area contributed by atoms with Gasteiger partial charge in [-0.15, -0.1) is 0 Å². The lowest BCUT2D eigenvalue weighted by molar-refractivity contribution is -0.122. The number of carboxylic acid groups (broad SMARTS) is 1. The highest BCUT2D eigenvalue weighted by Gasteiger charge is 2.21. The van der Waals surface area contributed by atoms with Crippen LogP contribution in [0.15, 0.2) is 0 Å². The number of nitrogens with one attached hydrogen (secondary N) is 1. The zero-order valence-corrected chi connectivity index (χ0v) is 7.20. The average Bonchev–Trinajstić information content (AvgIpc) is 1.98. The lowest BCUT2D eigenvalue weighted by Gasteiger charge is -2.19. The summed E-state index contributed by atoms with van der Waals surface area (Å²) < 4.78 is 0. The summed E-state index contributed by atoms with van der Waals surface area (Å²) >= 11 is 0. The SMILES string of the molecule is CCC(NC(=O)O)[C@H](C)C(N)=O. The van der Waals surface area contributed by atoms with Crippen molar-refractivity contribution in [3.8, 4) is 0 Å². The standard InChI is InChI=1S/C7H14N2O3/c1-3-5(9-7(11)12)4(2)6(8)10/h4-5,9H,3H2,1-2H3,(H2,8,10)(H,11,12)/t4-,5?/m0/s1. The fourth-order valence-electron chi connectivity index (χ4n) is 0.938. The van der Waals surface area contributed by atoms with Crippen LogP contribution >= 0.6 is 0 Å². The van der Waals surface area contributed by atoms with Crippen LogP contribution in [-0.4, -0.2) is 23.1 Å². The predicted molar refractivity (Wildman–Crippen MR) is 43.6 cm³/mol. The molecule has 1 unspecified atom stereocenters. The highest BCUT2D eigenvalue weighted by Crippen LogP contribution is 2.05. The average molecular weight is 174 g/mol. The molecule has 12 heavy (non-hydrogen) atoms. The molecule has 5 nitrogen and oxygen atoms in total. The zero-order chi connectivity index (χ0) is 9.72. The van der Waals surface area contributed by atoms with E-state index in [-0.39, 0.29) is 6.04 Å². The van der Waals surface area contributed by atoms with Gasteiger partial charge in [0.2, 0.25) is 5.91 Å². The van der Waals surface area contributed by atoms with Crippen molar-refractivity contribution >= 4 is 12.0 Å². The Hall–Kier alpha value is -1.26. The van der Waals surface area contributed by atoms with Crippen molar-refractivity contribution in [3.05, 3.63) is 0 Å². The normalized spacial score (nSPS) is 14.8. The van der Waals surface area contributed by atoms with Crippen LogP contribution < -0.4 is 11.1 Å². The maximum absolute atomic E-state index is 10.7. The maximum Gasteiger partial charge on any atom is 0.404 e. The molecule has 0 heterocycles. The lowest BCUT2D eigenvalue weighted by atomic mass is 9.99. The Bertz CT molecular complexity index is 181. The van der Waals surface area contributed by atoms with Gasteiger partial charge in [-0.1, -0.05) is 13.8 Å². The number of carbonyl (C=O) groups excluding carboxylic acids is 1. The minimum Gasteiger partial charge on any atom is -0.465 e. The second-order valence-corrected chi connectivity index (χ2v) is 2.66. The van der Waals surface area contributed by atoms with E-state index in [9.17, 15) is 9.59 Å². The molecule has 0 aliphatic heterocycles. The van der Waals surface area contributed by atoms with Gasteiger partial charge in [-0.25, -0.2) is 4.79 Å². The van der Waals surface area contributed by atoms with Crippen molar-refractivity contribution in [1.82, 2.24) is 5.32 Å². The molecule has 0 aromatic carbocycles. The minimum atomic E-state index is -1.13. The van der Waals surface area contributed by atoms with Crippen LogP contribution in [0.25, 0.3) is 0 Å². The maximum atomic E-state index is 10.7. The van der Waals surface area contributed by atoms with E-state index in [2.05, 4.69) is 5.32 Å². The first-order chi connectivity index (χ1) is 5.49. The molecule has 2 amide bonds. The summed E-state index contributed by atoms with van der Waals surface area (Å²) in [6.45, 7) is 3.40. The van der Waals surface area contributed by atoms with Gasteiger partial charge in [0.15, 0.2) is 0 Å². The molecular weight excluding hydrogens is 160 g/mol. The lowest BCUT2D eigenvalue weighted by Crippen LogP contribution is -2.43. The van der Waals surface area contributed by atoms with Crippen molar-refractivity contribution in [2.45, 2.75) is 26.3 Å². The Morgan fingerprint density at radius 2 is 2.08 bits per heavy atom. The monoisotopic (exact) mass is 174 g/mol. The zero-order valence-electron chi connectivity index (χ0n) is 7.20. The highest BCUT2D eigenvalue weighted by atomic mass is 16.4. The summed E-state index contributed by atoms with van der Waals surface area (Å²) in [5.74, 6) is -0.957. The smallest absolute Gasteiger partial charge is 0.404 e. The predicted octanol–water partition coefficient (Wildman–Crippen LogP) is 0.154. The van der Waals surface area contributed by atoms with Crippen LogP contribution in [0.2, 0.25) is 0 Å². The van der Waals surface area contributed by atoms with Crippen molar-refractivity contribution in [2.75, 3.05) is 0 Å². The minimum absolute atomic E-state index is 0.389. The van der Waals surface area contributed by atoms with Crippen LogP contribution in [0.3, 0.4) is 0 Å². The summed E-state index contributed by atoms with van der Waals surface area (Å²) in [5.41, 5.74) is 5.02. The third kappa shape index (κ3) is 3.23. The van der Waals surface area contributed by atoms with Gasteiger partial charge in [-0.2, -0.15) is 0 Å². The Labute approximate surface area is 70.9 Å². The number of primary amides is 1. The molecule has 0 fully saturated rings. The Kier molecular flexibility index (Phi) is 4.10. The van der Waals surface area contributed by atoms with Crippen molar-refractivity contribution in [1.29, 1.82) is 0 Å². The van der Waals surface area contributed by atoms with Gasteiger partial charge in [0.1, 0.15) is 0 Å². The molecule has 2 atom stereocenters. The summed E-state index contributed by atoms with van der Waals surface area (Å²) in [4.78, 5) is 20.9. The summed E-state index contributed by atoms with van der Waals surface area (Å²) in [7, 11) is 0. The van der Waals surface area contributed by atoms with E-state index in [0.717, 1.165) is 0 Å². The molecule has 0 bridgehead atoms. The summed E-state index contributed by atoms with van der Waals surface area (Å²) in [6, 6.07) is -0.389. The van der Waals surface area contributed by atoms with Gasteiger partial charge >= 0.3 is 6.09 Å². The second kappa shape index (κ2) is 4.58. The third-order valence-corrected chi connectivity index (χ3v) is 1.80. The Morgan fingerprint density at radius 3 is 2.33 bits per heavy atom. The Morgan fingerprint density at radius 1 is 1.58 bits per heavy atom. The van der Waals surface area contributed by atoms with Gasteiger partial charge in [0.25, 0.3) is 0 Å². The van der Waals surface area contributed by atoms with Crippen LogP contribution in [0.4, 0.5) is 4.79 Å². The van der Waals surface area contributed by atoms with E-state index in [1.165, 1.54) is 0 Å². The fraction of sp³-hybridized carbons (Fsp3) is 0.714. The van der Waals surface area contributed by atoms with Crippen molar-refractivity contribution in [2.24, 2.45) is 11.7 Å². The van der Waals surface area contributed by atoms with Gasteiger partial charge in [0, 0.05) is 6.04 Å². The van der Waals surface area contributed by atoms with E-state index in [1.54, 1.807) is 13.8 Å². The van der Waals surface area contributed by atoms with Crippen molar-refractivity contribution in [3.63, 3.8) is 0 Å². The van der Waals surface area contributed by atoms with Gasteiger partial charge < -0.3 is 16.2 Å². The van der Waals surface area contributed by atoms with Crippen LogP contribution in [0.5, 0.6) is 0 Å². The molecule has 4 N–H and O–H groups in total. The van der Waals surface area contributed by atoms with Crippen LogP contribution in [0, 0.1) is 5.92 Å². The number of hydrogen-bond donors (Lipinski definition) is 3. The first kappa shape index (κ1) is 10.7. The molecule has 0 spiro atoms. The molecule has 0 rings (SSSR count).